The third-order valence-corrected chi connectivity index (χ3v) is 6.90. The van der Waals surface area contributed by atoms with Crippen molar-refractivity contribution in [2.75, 3.05) is 32.6 Å². The zero-order valence-corrected chi connectivity index (χ0v) is 20.3. The number of ether oxygens (including phenoxy) is 2. The monoisotopic (exact) mass is 510 g/mol. The Labute approximate surface area is 207 Å². The van der Waals surface area contributed by atoms with Crippen molar-refractivity contribution in [3.8, 4) is 35.1 Å². The van der Waals surface area contributed by atoms with Gasteiger partial charge in [-0.15, -0.1) is 5.10 Å². The summed E-state index contributed by atoms with van der Waals surface area (Å²) in [4.78, 5) is 12.6. The molecule has 0 aliphatic carbocycles. The highest BCUT2D eigenvalue weighted by molar-refractivity contribution is 7.89. The lowest BCUT2D eigenvalue weighted by atomic mass is 10.2. The molecule has 0 saturated carbocycles. The molecule has 2 aromatic carbocycles. The smallest absolute Gasteiger partial charge is 0.322 e. The molecule has 0 unspecified atom stereocenters. The van der Waals surface area contributed by atoms with E-state index in [0.717, 1.165) is 4.31 Å². The molecule has 13 heteroatoms. The molecule has 0 saturated heterocycles. The predicted molar refractivity (Wildman–Crippen MR) is 126 cm³/mol. The highest BCUT2D eigenvalue weighted by atomic mass is 32.2. The summed E-state index contributed by atoms with van der Waals surface area (Å²) in [6.07, 6.45) is -0.0298. The highest BCUT2D eigenvalue weighted by Crippen LogP contribution is 2.33. The van der Waals surface area contributed by atoms with E-state index in [-0.39, 0.29) is 48.3 Å². The largest absolute Gasteiger partial charge is 0.497 e. The van der Waals surface area contributed by atoms with Gasteiger partial charge in [0, 0.05) is 31.5 Å². The Morgan fingerprint density at radius 3 is 2.28 bits per heavy atom. The van der Waals surface area contributed by atoms with Gasteiger partial charge in [-0.05, 0) is 42.5 Å². The van der Waals surface area contributed by atoms with Gasteiger partial charge in [0.15, 0.2) is 0 Å². The lowest BCUT2D eigenvalue weighted by molar-refractivity contribution is 0.102. The Hall–Kier alpha value is -4.46. The van der Waals surface area contributed by atoms with Crippen LogP contribution in [0, 0.1) is 22.7 Å². The third kappa shape index (κ3) is 5.96. The number of amides is 1. The summed E-state index contributed by atoms with van der Waals surface area (Å²) in [6.45, 7) is -0.0827. The van der Waals surface area contributed by atoms with Gasteiger partial charge in [-0.25, -0.2) is 8.42 Å². The molecule has 36 heavy (non-hydrogen) atoms. The maximum absolute atomic E-state index is 12.9. The number of anilines is 1. The van der Waals surface area contributed by atoms with Crippen molar-refractivity contribution in [3.63, 3.8) is 0 Å². The van der Waals surface area contributed by atoms with Crippen molar-refractivity contribution in [2.45, 2.75) is 17.7 Å². The minimum absolute atomic E-state index is 0.0149. The van der Waals surface area contributed by atoms with Crippen LogP contribution in [0.2, 0.25) is 0 Å². The molecule has 0 bridgehead atoms. The Balaban J connectivity index is 1.76. The second kappa shape index (κ2) is 11.8. The number of benzene rings is 2. The summed E-state index contributed by atoms with van der Waals surface area (Å²) in [5.74, 6) is 0.506. The van der Waals surface area contributed by atoms with E-state index in [2.05, 4.69) is 15.5 Å². The number of nitrogens with one attached hydrogen (secondary N) is 1. The maximum Gasteiger partial charge on any atom is 0.322 e. The molecule has 1 amide bonds. The average Bonchev–Trinajstić information content (AvgIpc) is 3.36. The number of nitrogens with zero attached hydrogens (tertiary/aromatic N) is 5. The molecule has 1 N–H and O–H groups in total. The number of methoxy groups -OCH3 is 2. The van der Waals surface area contributed by atoms with Crippen LogP contribution in [0.4, 0.5) is 6.01 Å². The van der Waals surface area contributed by atoms with Crippen LogP contribution in [-0.4, -0.2) is 56.1 Å². The van der Waals surface area contributed by atoms with Crippen LogP contribution >= 0.6 is 0 Å². The van der Waals surface area contributed by atoms with Crippen molar-refractivity contribution < 1.29 is 27.1 Å². The maximum atomic E-state index is 12.9. The molecular formula is C23H22N6O6S. The quantitative estimate of drug-likeness (QED) is 0.404. The molecule has 0 aliphatic heterocycles. The first kappa shape index (κ1) is 26.2. The molecular weight excluding hydrogens is 488 g/mol. The number of aromatic nitrogens is 2. The number of sulfonamides is 1. The van der Waals surface area contributed by atoms with Crippen LogP contribution in [-0.2, 0) is 10.0 Å². The number of nitriles is 2. The zero-order chi connectivity index (χ0) is 26.1. The topological polar surface area (TPSA) is 171 Å². The number of carbonyl (C=O) groups is 1. The van der Waals surface area contributed by atoms with Crippen LogP contribution in [0.1, 0.15) is 23.2 Å². The molecule has 3 rings (SSSR count). The standard InChI is InChI=1S/C23H22N6O6S/c1-33-17-7-10-20(34-2)19(15-17)22-27-28-23(35-22)26-21(30)16-5-8-18(9-6-16)36(31,32)29(13-3-11-24)14-4-12-25/h5-10,15H,3-4,13-14H2,1-2H3,(H,26,28,30). The van der Waals surface area contributed by atoms with Crippen LogP contribution in [0.25, 0.3) is 11.5 Å². The SMILES string of the molecule is COc1ccc(OC)c(-c2nnc(NC(=O)c3ccc(S(=O)(=O)N(CCC#N)CCC#N)cc3)o2)c1. The summed E-state index contributed by atoms with van der Waals surface area (Å²) >= 11 is 0. The van der Waals surface area contributed by atoms with Gasteiger partial charge in [0.05, 0.1) is 36.8 Å². The molecule has 3 aromatic rings. The van der Waals surface area contributed by atoms with Crippen LogP contribution in [0.15, 0.2) is 51.8 Å². The van der Waals surface area contributed by atoms with Gasteiger partial charge in [0.2, 0.25) is 10.0 Å². The fraction of sp³-hybridized carbons (Fsp3) is 0.261. The number of hydrogen-bond donors (Lipinski definition) is 1. The molecule has 1 aromatic heterocycles. The number of hydrogen-bond acceptors (Lipinski definition) is 10. The first-order valence-corrected chi connectivity index (χ1v) is 12.0. The first-order valence-electron chi connectivity index (χ1n) is 10.6. The van der Waals surface area contributed by atoms with Crippen LogP contribution < -0.4 is 14.8 Å². The van der Waals surface area contributed by atoms with E-state index in [1.807, 2.05) is 12.1 Å². The van der Waals surface area contributed by atoms with E-state index < -0.39 is 15.9 Å². The molecule has 12 nitrogen and oxygen atoms in total. The highest BCUT2D eigenvalue weighted by Gasteiger charge is 2.24. The second-order valence-corrected chi connectivity index (χ2v) is 9.12. The minimum atomic E-state index is -3.95. The Kier molecular flexibility index (Phi) is 8.57. The molecule has 0 spiro atoms. The van der Waals surface area contributed by atoms with Crippen molar-refractivity contribution in [2.24, 2.45) is 0 Å². The summed E-state index contributed by atoms with van der Waals surface area (Å²) < 4.78 is 42.9. The van der Waals surface area contributed by atoms with Gasteiger partial charge >= 0.3 is 6.01 Å². The van der Waals surface area contributed by atoms with Crippen LogP contribution in [0.3, 0.4) is 0 Å². The summed E-state index contributed by atoms with van der Waals surface area (Å²) in [5.41, 5.74) is 0.616. The van der Waals surface area contributed by atoms with Gasteiger partial charge in [-0.1, -0.05) is 5.10 Å². The lowest BCUT2D eigenvalue weighted by Gasteiger charge is -2.20. The van der Waals surface area contributed by atoms with Crippen molar-refractivity contribution in [1.29, 1.82) is 10.5 Å². The molecule has 0 atom stereocenters. The van der Waals surface area contributed by atoms with E-state index in [4.69, 9.17) is 24.4 Å². The van der Waals surface area contributed by atoms with Crippen molar-refractivity contribution in [3.05, 3.63) is 48.0 Å². The fourth-order valence-electron chi connectivity index (χ4n) is 3.16. The average molecular weight is 511 g/mol. The van der Waals surface area contributed by atoms with Crippen LogP contribution in [0.5, 0.6) is 11.5 Å². The third-order valence-electron chi connectivity index (χ3n) is 4.98. The van der Waals surface area contributed by atoms with E-state index in [9.17, 15) is 13.2 Å². The normalized spacial score (nSPS) is 10.9. The summed E-state index contributed by atoms with van der Waals surface area (Å²) in [6, 6.07) is 13.9. The van der Waals surface area contributed by atoms with Gasteiger partial charge in [0.25, 0.3) is 11.8 Å². The number of rotatable bonds is 11. The molecule has 0 radical (unpaired) electrons. The lowest BCUT2D eigenvalue weighted by Crippen LogP contribution is -2.32. The van der Waals surface area contributed by atoms with Crippen molar-refractivity contribution in [1.82, 2.24) is 14.5 Å². The molecule has 186 valence electrons. The summed E-state index contributed by atoms with van der Waals surface area (Å²) in [5, 5.41) is 27.8. The Morgan fingerprint density at radius 2 is 1.69 bits per heavy atom. The Bertz CT molecular complexity index is 1390. The molecule has 0 aliphatic rings. The van der Waals surface area contributed by atoms with Crippen molar-refractivity contribution >= 4 is 21.9 Å². The fourth-order valence-corrected chi connectivity index (χ4v) is 4.60. The zero-order valence-electron chi connectivity index (χ0n) is 19.5. The molecule has 1 heterocycles. The van der Waals surface area contributed by atoms with E-state index in [1.54, 1.807) is 18.2 Å². The second-order valence-electron chi connectivity index (χ2n) is 7.18. The number of carbonyl (C=O) groups excluding carboxylic acids is 1. The Morgan fingerprint density at radius 1 is 1.03 bits per heavy atom. The van der Waals surface area contributed by atoms with Gasteiger partial charge in [-0.3, -0.25) is 10.1 Å². The minimum Gasteiger partial charge on any atom is -0.497 e. The first-order chi connectivity index (χ1) is 17.3. The summed E-state index contributed by atoms with van der Waals surface area (Å²) in [7, 11) is -0.952. The van der Waals surface area contributed by atoms with E-state index in [1.165, 1.54) is 38.5 Å². The van der Waals surface area contributed by atoms with Gasteiger partial charge in [-0.2, -0.15) is 14.8 Å². The molecule has 0 fully saturated rings. The predicted octanol–water partition coefficient (Wildman–Crippen LogP) is 2.82. The van der Waals surface area contributed by atoms with E-state index >= 15 is 0 Å². The van der Waals surface area contributed by atoms with Gasteiger partial charge in [0.1, 0.15) is 11.5 Å². The van der Waals surface area contributed by atoms with Gasteiger partial charge < -0.3 is 13.9 Å². The van der Waals surface area contributed by atoms with E-state index in [0.29, 0.717) is 17.1 Å².